The Morgan fingerprint density at radius 3 is 2.20 bits per heavy atom. The van der Waals surface area contributed by atoms with Crippen molar-refractivity contribution in [2.45, 2.75) is 26.6 Å². The normalized spacial score (nSPS) is 10.8. The minimum Gasteiger partial charge on any atom is -0.465 e. The van der Waals surface area contributed by atoms with Crippen LogP contribution in [0.3, 0.4) is 0 Å². The molecule has 3 rings (SSSR count). The van der Waals surface area contributed by atoms with Crippen LogP contribution in [0.2, 0.25) is 0 Å². The third-order valence-electron chi connectivity index (χ3n) is 4.50. The van der Waals surface area contributed by atoms with Crippen LogP contribution in [-0.2, 0) is 20.8 Å². The number of rotatable bonds is 7. The van der Waals surface area contributed by atoms with Crippen molar-refractivity contribution in [3.8, 4) is 16.9 Å². The van der Waals surface area contributed by atoms with E-state index < -0.39 is 11.9 Å². The predicted octanol–water partition coefficient (Wildman–Crippen LogP) is 4.04. The highest BCUT2D eigenvalue weighted by Crippen LogP contribution is 2.31. The van der Waals surface area contributed by atoms with Gasteiger partial charge in [-0.2, -0.15) is 5.10 Å². The number of benzene rings is 2. The predicted molar refractivity (Wildman–Crippen MR) is 112 cm³/mol. The highest BCUT2D eigenvalue weighted by atomic mass is 16.5. The Morgan fingerprint density at radius 1 is 0.933 bits per heavy atom. The maximum atomic E-state index is 12.8. The molecule has 30 heavy (non-hydrogen) atoms. The third kappa shape index (κ3) is 4.26. The third-order valence-corrected chi connectivity index (χ3v) is 4.50. The molecule has 156 valence electrons. The zero-order chi connectivity index (χ0) is 21.7. The largest absolute Gasteiger partial charge is 0.465 e. The van der Waals surface area contributed by atoms with Crippen LogP contribution >= 0.6 is 0 Å². The fourth-order valence-corrected chi connectivity index (χ4v) is 3.08. The van der Waals surface area contributed by atoms with Crippen LogP contribution in [0.5, 0.6) is 0 Å². The second-order valence-electron chi connectivity index (χ2n) is 6.82. The highest BCUT2D eigenvalue weighted by molar-refractivity contribution is 6.07. The number of hydrogen-bond acceptors (Lipinski definition) is 6. The van der Waals surface area contributed by atoms with Crippen LogP contribution in [-0.4, -0.2) is 42.0 Å². The van der Waals surface area contributed by atoms with Gasteiger partial charge in [0.1, 0.15) is 11.3 Å². The van der Waals surface area contributed by atoms with Gasteiger partial charge in [0.2, 0.25) is 0 Å². The van der Waals surface area contributed by atoms with Crippen LogP contribution in [0.25, 0.3) is 16.9 Å². The lowest BCUT2D eigenvalue weighted by Gasteiger charge is -2.11. The van der Waals surface area contributed by atoms with E-state index in [-0.39, 0.29) is 17.4 Å². The molecule has 2 aromatic carbocycles. The summed E-state index contributed by atoms with van der Waals surface area (Å²) in [4.78, 5) is 25.4. The Hall–Kier alpha value is -3.45. The first-order chi connectivity index (χ1) is 14.5. The van der Waals surface area contributed by atoms with E-state index in [0.29, 0.717) is 23.6 Å². The minimum absolute atomic E-state index is 0.00475. The first kappa shape index (κ1) is 21.3. The maximum absolute atomic E-state index is 12.8. The van der Waals surface area contributed by atoms with Gasteiger partial charge in [0, 0.05) is 5.56 Å². The summed E-state index contributed by atoms with van der Waals surface area (Å²) < 4.78 is 17.1. The smallest absolute Gasteiger partial charge is 0.357 e. The van der Waals surface area contributed by atoms with Gasteiger partial charge in [-0.1, -0.05) is 42.5 Å². The van der Waals surface area contributed by atoms with E-state index in [1.807, 2.05) is 56.3 Å². The van der Waals surface area contributed by atoms with Crippen molar-refractivity contribution in [3.05, 3.63) is 71.4 Å². The zero-order valence-corrected chi connectivity index (χ0v) is 17.4. The lowest BCUT2D eigenvalue weighted by atomic mass is 10.0. The van der Waals surface area contributed by atoms with Gasteiger partial charge in [-0.15, -0.1) is 0 Å². The molecule has 0 radical (unpaired) electrons. The van der Waals surface area contributed by atoms with E-state index in [1.165, 1.54) is 18.9 Å². The SMILES string of the molecule is COC(=O)c1c(-c2ccccc2COC(C)C)nn(-c2ccccc2)c1C(=O)OC. The van der Waals surface area contributed by atoms with Crippen LogP contribution in [0.4, 0.5) is 0 Å². The van der Waals surface area contributed by atoms with Gasteiger partial charge in [-0.05, 0) is 31.5 Å². The molecule has 1 heterocycles. The molecule has 0 bridgehead atoms. The van der Waals surface area contributed by atoms with Crippen LogP contribution in [0.1, 0.15) is 40.3 Å². The van der Waals surface area contributed by atoms with Crippen molar-refractivity contribution in [2.75, 3.05) is 14.2 Å². The first-order valence-corrected chi connectivity index (χ1v) is 9.52. The molecule has 0 saturated heterocycles. The summed E-state index contributed by atoms with van der Waals surface area (Å²) in [6.07, 6.45) is 0.0330. The molecule has 0 N–H and O–H groups in total. The maximum Gasteiger partial charge on any atom is 0.357 e. The molecule has 7 heteroatoms. The van der Waals surface area contributed by atoms with Crippen molar-refractivity contribution in [1.82, 2.24) is 9.78 Å². The molecule has 0 amide bonds. The Labute approximate surface area is 175 Å². The van der Waals surface area contributed by atoms with Gasteiger partial charge >= 0.3 is 11.9 Å². The van der Waals surface area contributed by atoms with E-state index in [0.717, 1.165) is 5.56 Å². The van der Waals surface area contributed by atoms with Crippen molar-refractivity contribution in [3.63, 3.8) is 0 Å². The summed E-state index contributed by atoms with van der Waals surface area (Å²) in [7, 11) is 2.52. The van der Waals surface area contributed by atoms with Gasteiger partial charge in [0.15, 0.2) is 5.69 Å². The average molecular weight is 408 g/mol. The van der Waals surface area contributed by atoms with Crippen LogP contribution in [0.15, 0.2) is 54.6 Å². The van der Waals surface area contributed by atoms with Gasteiger partial charge in [0.25, 0.3) is 0 Å². The van der Waals surface area contributed by atoms with Crippen molar-refractivity contribution < 1.29 is 23.8 Å². The molecular weight excluding hydrogens is 384 g/mol. The molecule has 0 atom stereocenters. The number of carbonyl (C=O) groups is 2. The second-order valence-corrected chi connectivity index (χ2v) is 6.82. The fourth-order valence-electron chi connectivity index (χ4n) is 3.08. The van der Waals surface area contributed by atoms with E-state index >= 15 is 0 Å². The monoisotopic (exact) mass is 408 g/mol. The standard InChI is InChI=1S/C23H24N2O5/c1-15(2)30-14-16-10-8-9-13-18(16)20-19(22(26)28-3)21(23(27)29-4)25(24-20)17-11-6-5-7-12-17/h5-13,15H,14H2,1-4H3. The number of esters is 2. The number of carbonyl (C=O) groups excluding carboxylic acids is 2. The molecule has 1 aromatic heterocycles. The molecule has 0 saturated carbocycles. The molecule has 7 nitrogen and oxygen atoms in total. The molecule has 0 fully saturated rings. The Kier molecular flexibility index (Phi) is 6.64. The van der Waals surface area contributed by atoms with Crippen molar-refractivity contribution in [2.24, 2.45) is 0 Å². The summed E-state index contributed by atoms with van der Waals surface area (Å²) in [5.41, 5.74) is 2.51. The molecular formula is C23H24N2O5. The van der Waals surface area contributed by atoms with Gasteiger partial charge in [-0.25, -0.2) is 14.3 Å². The summed E-state index contributed by atoms with van der Waals surface area (Å²) >= 11 is 0. The number of para-hydroxylation sites is 1. The highest BCUT2D eigenvalue weighted by Gasteiger charge is 2.32. The summed E-state index contributed by atoms with van der Waals surface area (Å²) in [6, 6.07) is 16.5. The summed E-state index contributed by atoms with van der Waals surface area (Å²) in [5, 5.41) is 4.64. The summed E-state index contributed by atoms with van der Waals surface area (Å²) in [6.45, 7) is 4.23. The van der Waals surface area contributed by atoms with Crippen LogP contribution < -0.4 is 0 Å². The molecule has 0 aliphatic heterocycles. The minimum atomic E-state index is -0.686. The Bertz CT molecular complexity index is 1040. The average Bonchev–Trinajstić information content (AvgIpc) is 3.17. The quantitative estimate of drug-likeness (QED) is 0.549. The molecule has 0 aliphatic rings. The van der Waals surface area contributed by atoms with E-state index in [9.17, 15) is 9.59 Å². The van der Waals surface area contributed by atoms with E-state index in [1.54, 1.807) is 12.1 Å². The van der Waals surface area contributed by atoms with Crippen LogP contribution in [0, 0.1) is 0 Å². The first-order valence-electron chi connectivity index (χ1n) is 9.52. The molecule has 0 unspecified atom stereocenters. The molecule has 3 aromatic rings. The topological polar surface area (TPSA) is 79.7 Å². The Morgan fingerprint density at radius 2 is 1.57 bits per heavy atom. The Balaban J connectivity index is 2.29. The molecule has 0 spiro atoms. The second kappa shape index (κ2) is 9.37. The lowest BCUT2D eigenvalue weighted by Crippen LogP contribution is -2.15. The van der Waals surface area contributed by atoms with Crippen molar-refractivity contribution >= 4 is 11.9 Å². The zero-order valence-electron chi connectivity index (χ0n) is 17.4. The van der Waals surface area contributed by atoms with Gasteiger partial charge in [-0.3, -0.25) is 0 Å². The van der Waals surface area contributed by atoms with Crippen molar-refractivity contribution in [1.29, 1.82) is 0 Å². The number of methoxy groups -OCH3 is 2. The lowest BCUT2D eigenvalue weighted by molar-refractivity contribution is 0.0549. The summed E-state index contributed by atoms with van der Waals surface area (Å²) in [5.74, 6) is -1.36. The number of nitrogens with zero attached hydrogens (tertiary/aromatic N) is 2. The molecule has 0 aliphatic carbocycles. The van der Waals surface area contributed by atoms with E-state index in [2.05, 4.69) is 5.10 Å². The van der Waals surface area contributed by atoms with Gasteiger partial charge < -0.3 is 14.2 Å². The number of ether oxygens (including phenoxy) is 3. The number of hydrogen-bond donors (Lipinski definition) is 0. The fraction of sp³-hybridized carbons (Fsp3) is 0.261. The van der Waals surface area contributed by atoms with E-state index in [4.69, 9.17) is 14.2 Å². The van der Waals surface area contributed by atoms with Gasteiger partial charge in [0.05, 0.1) is 32.6 Å². The number of aromatic nitrogens is 2.